The molecule has 1 fully saturated rings. The second-order valence-electron chi connectivity index (χ2n) is 8.21. The lowest BCUT2D eigenvalue weighted by Gasteiger charge is -2.28. The molecule has 1 aliphatic rings. The molecule has 0 bridgehead atoms. The molecule has 36 heavy (non-hydrogen) atoms. The normalized spacial score (nSPS) is 15.2. The zero-order chi connectivity index (χ0) is 25.8. The van der Waals surface area contributed by atoms with Crippen molar-refractivity contribution < 1.29 is 28.2 Å². The van der Waals surface area contributed by atoms with Crippen molar-refractivity contribution in [2.24, 2.45) is 0 Å². The third-order valence-corrected chi connectivity index (χ3v) is 6.74. The number of carbonyl (C=O) groups excluding carboxylic acids is 3. The molecule has 0 saturated carbocycles. The van der Waals surface area contributed by atoms with Gasteiger partial charge >= 0.3 is 0 Å². The van der Waals surface area contributed by atoms with Gasteiger partial charge in [0, 0.05) is 15.7 Å². The zero-order valence-corrected chi connectivity index (χ0v) is 21.9. The summed E-state index contributed by atoms with van der Waals surface area (Å²) in [5.41, 5.74) is 1.55. The fourth-order valence-electron chi connectivity index (χ4n) is 4.16. The molecule has 1 unspecified atom stereocenters. The summed E-state index contributed by atoms with van der Waals surface area (Å²) >= 11 is 2.14. The molecule has 9 heteroatoms. The summed E-state index contributed by atoms with van der Waals surface area (Å²) in [7, 11) is 3.08. The average Bonchev–Trinajstić information content (AvgIpc) is 3.18. The van der Waals surface area contributed by atoms with Crippen LogP contribution in [0.15, 0.2) is 66.7 Å². The summed E-state index contributed by atoms with van der Waals surface area (Å²) in [4.78, 5) is 42.4. The van der Waals surface area contributed by atoms with Crippen molar-refractivity contribution in [2.45, 2.75) is 18.9 Å². The first-order valence-corrected chi connectivity index (χ1v) is 12.3. The van der Waals surface area contributed by atoms with Crippen LogP contribution in [0.5, 0.6) is 11.5 Å². The predicted molar refractivity (Wildman–Crippen MR) is 141 cm³/mol. The van der Waals surface area contributed by atoms with E-state index in [1.807, 2.05) is 18.2 Å². The third-order valence-electron chi connectivity index (χ3n) is 6.03. The Bertz CT molecular complexity index is 1280. The number of hydrogen-bond donors (Lipinski definition) is 0. The van der Waals surface area contributed by atoms with E-state index >= 15 is 0 Å². The van der Waals surface area contributed by atoms with E-state index < -0.39 is 23.7 Å². The van der Waals surface area contributed by atoms with Gasteiger partial charge in [0.05, 0.1) is 26.3 Å². The van der Waals surface area contributed by atoms with Crippen molar-refractivity contribution >= 4 is 46.0 Å². The summed E-state index contributed by atoms with van der Waals surface area (Å²) in [5, 5.41) is 0. The summed E-state index contributed by atoms with van der Waals surface area (Å²) in [6.45, 7) is 0.163. The number of halogens is 2. The van der Waals surface area contributed by atoms with Crippen LogP contribution in [0.1, 0.15) is 22.3 Å². The number of nitrogens with zero attached hydrogens (tertiary/aromatic N) is 2. The molecule has 0 radical (unpaired) electrons. The number of carbonyl (C=O) groups is 3. The van der Waals surface area contributed by atoms with E-state index in [0.717, 1.165) is 14.0 Å². The number of methoxy groups -OCH3 is 2. The van der Waals surface area contributed by atoms with Crippen molar-refractivity contribution in [1.29, 1.82) is 0 Å². The number of rotatable bonds is 8. The summed E-state index contributed by atoms with van der Waals surface area (Å²) in [6.07, 6.45) is 0.262. The Morgan fingerprint density at radius 3 is 2.31 bits per heavy atom. The smallest absolute Gasteiger partial charge is 0.257 e. The maximum Gasteiger partial charge on any atom is 0.257 e. The highest BCUT2D eigenvalue weighted by atomic mass is 127. The fraction of sp³-hybridized carbons (Fsp3) is 0.222. The Morgan fingerprint density at radius 2 is 1.67 bits per heavy atom. The maximum absolute atomic E-state index is 13.5. The van der Waals surface area contributed by atoms with Gasteiger partial charge in [0.15, 0.2) is 11.5 Å². The highest BCUT2D eigenvalue weighted by Gasteiger charge is 2.44. The molecule has 1 heterocycles. The highest BCUT2D eigenvalue weighted by Crippen LogP contribution is 2.30. The molecular formula is C27H24FIN2O5. The predicted octanol–water partition coefficient (Wildman–Crippen LogP) is 4.46. The van der Waals surface area contributed by atoms with Crippen LogP contribution in [0.4, 0.5) is 10.1 Å². The monoisotopic (exact) mass is 602 g/mol. The van der Waals surface area contributed by atoms with Crippen molar-refractivity contribution in [3.63, 3.8) is 0 Å². The molecular weight excluding hydrogens is 578 g/mol. The molecule has 3 aromatic rings. The number of hydrogen-bond acceptors (Lipinski definition) is 5. The van der Waals surface area contributed by atoms with Gasteiger partial charge in [0.2, 0.25) is 5.91 Å². The van der Waals surface area contributed by atoms with Crippen LogP contribution < -0.4 is 14.4 Å². The van der Waals surface area contributed by atoms with Crippen LogP contribution in [0.25, 0.3) is 0 Å². The van der Waals surface area contributed by atoms with E-state index in [1.54, 1.807) is 31.4 Å². The van der Waals surface area contributed by atoms with E-state index in [4.69, 9.17) is 9.47 Å². The topological polar surface area (TPSA) is 76.2 Å². The van der Waals surface area contributed by atoms with Crippen molar-refractivity contribution in [2.75, 3.05) is 25.7 Å². The number of benzene rings is 3. The van der Waals surface area contributed by atoms with Gasteiger partial charge in [-0.2, -0.15) is 0 Å². The van der Waals surface area contributed by atoms with Crippen molar-refractivity contribution in [3.8, 4) is 11.5 Å². The SMILES string of the molecule is COc1ccc(CCN(C(=O)c2ccc(F)cc2)C2CC(=O)N(c3ccc(I)cc3)C2=O)cc1OC. The Kier molecular flexibility index (Phi) is 7.88. The van der Waals surface area contributed by atoms with Crippen LogP contribution >= 0.6 is 22.6 Å². The first kappa shape index (κ1) is 25.6. The molecule has 0 aliphatic carbocycles. The van der Waals surface area contributed by atoms with Crippen LogP contribution in [-0.4, -0.2) is 49.4 Å². The second kappa shape index (κ2) is 11.1. The Balaban J connectivity index is 1.63. The third kappa shape index (κ3) is 5.35. The van der Waals surface area contributed by atoms with E-state index in [1.165, 1.54) is 36.3 Å². The van der Waals surface area contributed by atoms with Crippen molar-refractivity contribution in [3.05, 3.63) is 87.2 Å². The lowest BCUT2D eigenvalue weighted by Crippen LogP contribution is -2.46. The van der Waals surface area contributed by atoms with Gasteiger partial charge in [0.25, 0.3) is 11.8 Å². The van der Waals surface area contributed by atoms with E-state index in [-0.39, 0.29) is 24.4 Å². The Labute approximate surface area is 221 Å². The van der Waals surface area contributed by atoms with Crippen LogP contribution in [-0.2, 0) is 16.0 Å². The fourth-order valence-corrected chi connectivity index (χ4v) is 4.52. The van der Waals surface area contributed by atoms with Gasteiger partial charge in [-0.3, -0.25) is 14.4 Å². The van der Waals surface area contributed by atoms with E-state index in [0.29, 0.717) is 23.6 Å². The van der Waals surface area contributed by atoms with Gasteiger partial charge in [-0.15, -0.1) is 0 Å². The number of anilines is 1. The lowest BCUT2D eigenvalue weighted by molar-refractivity contribution is -0.122. The zero-order valence-electron chi connectivity index (χ0n) is 19.7. The molecule has 3 aromatic carbocycles. The quantitative estimate of drug-likeness (QED) is 0.281. The summed E-state index contributed by atoms with van der Waals surface area (Å²) < 4.78 is 25.1. The first-order chi connectivity index (χ1) is 17.3. The maximum atomic E-state index is 13.5. The summed E-state index contributed by atoms with van der Waals surface area (Å²) in [5.74, 6) is -0.654. The second-order valence-corrected chi connectivity index (χ2v) is 9.45. The number of ether oxygens (including phenoxy) is 2. The van der Waals surface area contributed by atoms with Crippen LogP contribution in [0.3, 0.4) is 0 Å². The number of imide groups is 1. The average molecular weight is 602 g/mol. The van der Waals surface area contributed by atoms with E-state index in [2.05, 4.69) is 22.6 Å². The minimum absolute atomic E-state index is 0.135. The Morgan fingerprint density at radius 1 is 1.00 bits per heavy atom. The van der Waals surface area contributed by atoms with Gasteiger partial charge in [-0.05, 0) is 95.2 Å². The minimum atomic E-state index is -0.977. The molecule has 7 nitrogen and oxygen atoms in total. The van der Waals surface area contributed by atoms with E-state index in [9.17, 15) is 18.8 Å². The standard InChI is InChI=1S/C27H24FIN2O5/c1-35-23-12-3-17(15-24(23)36-2)13-14-30(26(33)18-4-6-19(28)7-5-18)22-16-25(32)31(27(22)34)21-10-8-20(29)9-11-21/h3-12,15,22H,13-14,16H2,1-2H3. The van der Waals surface area contributed by atoms with Gasteiger partial charge in [-0.1, -0.05) is 6.07 Å². The summed E-state index contributed by atoms with van der Waals surface area (Å²) in [6, 6.07) is 16.6. The van der Waals surface area contributed by atoms with Crippen LogP contribution in [0.2, 0.25) is 0 Å². The van der Waals surface area contributed by atoms with Gasteiger partial charge in [-0.25, -0.2) is 9.29 Å². The molecule has 1 aliphatic heterocycles. The van der Waals surface area contributed by atoms with Gasteiger partial charge in [0.1, 0.15) is 11.9 Å². The van der Waals surface area contributed by atoms with Gasteiger partial charge < -0.3 is 14.4 Å². The number of amides is 3. The molecule has 4 rings (SSSR count). The highest BCUT2D eigenvalue weighted by molar-refractivity contribution is 14.1. The first-order valence-electron chi connectivity index (χ1n) is 11.2. The van der Waals surface area contributed by atoms with Crippen LogP contribution in [0, 0.1) is 9.39 Å². The molecule has 1 saturated heterocycles. The minimum Gasteiger partial charge on any atom is -0.493 e. The molecule has 1 atom stereocenters. The Hall–Kier alpha value is -3.47. The largest absolute Gasteiger partial charge is 0.493 e. The lowest BCUT2D eigenvalue weighted by atomic mass is 10.1. The molecule has 0 aromatic heterocycles. The molecule has 186 valence electrons. The molecule has 0 N–H and O–H groups in total. The molecule has 0 spiro atoms. The molecule has 3 amide bonds. The van der Waals surface area contributed by atoms with Crippen molar-refractivity contribution in [1.82, 2.24) is 4.90 Å².